The van der Waals surface area contributed by atoms with E-state index < -0.39 is 17.6 Å². The third-order valence-corrected chi connectivity index (χ3v) is 4.87. The summed E-state index contributed by atoms with van der Waals surface area (Å²) >= 11 is 6.00. The van der Waals surface area contributed by atoms with Gasteiger partial charge >= 0.3 is 6.18 Å². The van der Waals surface area contributed by atoms with E-state index in [0.717, 1.165) is 55.2 Å². The Morgan fingerprint density at radius 2 is 1.88 bits per heavy atom. The summed E-state index contributed by atoms with van der Waals surface area (Å²) in [5, 5.41) is 2.82. The van der Waals surface area contributed by atoms with Gasteiger partial charge in [0.1, 0.15) is 0 Å². The van der Waals surface area contributed by atoms with Crippen molar-refractivity contribution in [2.24, 2.45) is 5.92 Å². The van der Waals surface area contributed by atoms with Crippen LogP contribution in [0.2, 0.25) is 5.02 Å². The zero-order valence-electron chi connectivity index (χ0n) is 14.5. The standard InChI is InChI=1S/C18H22ClF3N2O2/c1-12(25)24(10-9-23-17(26)13-5-3-2-4-6-13)16-11-14(18(20,21)22)7-8-15(16)19/h7-8,11,13H,2-6,9-10H2,1H3,(H,23,26). The molecule has 1 aromatic rings. The van der Waals surface area contributed by atoms with Crippen LogP contribution in [0.15, 0.2) is 18.2 Å². The van der Waals surface area contributed by atoms with Crippen LogP contribution in [0.25, 0.3) is 0 Å². The minimum atomic E-state index is -4.53. The van der Waals surface area contributed by atoms with Gasteiger partial charge in [0.15, 0.2) is 0 Å². The summed E-state index contributed by atoms with van der Waals surface area (Å²) in [6, 6.07) is 2.85. The fraction of sp³-hybridized carbons (Fsp3) is 0.556. The fourth-order valence-corrected chi connectivity index (χ4v) is 3.36. The molecule has 0 aromatic heterocycles. The van der Waals surface area contributed by atoms with Crippen molar-refractivity contribution in [1.82, 2.24) is 5.32 Å². The van der Waals surface area contributed by atoms with E-state index in [9.17, 15) is 22.8 Å². The third-order valence-electron chi connectivity index (χ3n) is 4.55. The van der Waals surface area contributed by atoms with Crippen molar-refractivity contribution in [2.75, 3.05) is 18.0 Å². The molecule has 0 unspecified atom stereocenters. The highest BCUT2D eigenvalue weighted by Gasteiger charge is 2.32. The Morgan fingerprint density at radius 1 is 1.23 bits per heavy atom. The minimum Gasteiger partial charge on any atom is -0.354 e. The Labute approximate surface area is 155 Å². The molecule has 1 aliphatic carbocycles. The van der Waals surface area contributed by atoms with Gasteiger partial charge in [-0.3, -0.25) is 9.59 Å². The van der Waals surface area contributed by atoms with Gasteiger partial charge in [-0.15, -0.1) is 0 Å². The third kappa shape index (κ3) is 5.37. The molecule has 0 aliphatic heterocycles. The second kappa shape index (κ2) is 8.75. The predicted molar refractivity (Wildman–Crippen MR) is 94.1 cm³/mol. The van der Waals surface area contributed by atoms with E-state index in [-0.39, 0.29) is 35.6 Å². The molecular weight excluding hydrogens is 369 g/mol. The van der Waals surface area contributed by atoms with Crippen LogP contribution in [-0.4, -0.2) is 24.9 Å². The quantitative estimate of drug-likeness (QED) is 0.809. The van der Waals surface area contributed by atoms with Crippen LogP contribution in [-0.2, 0) is 15.8 Å². The van der Waals surface area contributed by atoms with E-state index in [1.165, 1.54) is 6.92 Å². The molecule has 0 radical (unpaired) electrons. The molecule has 1 aliphatic rings. The molecule has 0 spiro atoms. The largest absolute Gasteiger partial charge is 0.416 e. The van der Waals surface area contributed by atoms with Gasteiger partial charge in [0.2, 0.25) is 11.8 Å². The number of nitrogens with zero attached hydrogens (tertiary/aromatic N) is 1. The number of amides is 2. The van der Waals surface area contributed by atoms with E-state index in [4.69, 9.17) is 11.6 Å². The van der Waals surface area contributed by atoms with Crippen molar-refractivity contribution >= 4 is 29.1 Å². The van der Waals surface area contributed by atoms with Crippen molar-refractivity contribution in [2.45, 2.75) is 45.2 Å². The SMILES string of the molecule is CC(=O)N(CCNC(=O)C1CCCCC1)c1cc(C(F)(F)F)ccc1Cl. The zero-order valence-corrected chi connectivity index (χ0v) is 15.3. The number of anilines is 1. The van der Waals surface area contributed by atoms with Gasteiger partial charge in [-0.2, -0.15) is 13.2 Å². The maximum absolute atomic E-state index is 12.9. The molecule has 0 atom stereocenters. The molecule has 8 heteroatoms. The molecule has 0 heterocycles. The highest BCUT2D eigenvalue weighted by Crippen LogP contribution is 2.35. The van der Waals surface area contributed by atoms with E-state index in [0.29, 0.717) is 0 Å². The Bertz CT molecular complexity index is 658. The van der Waals surface area contributed by atoms with Gasteiger partial charge in [0, 0.05) is 25.9 Å². The van der Waals surface area contributed by atoms with Gasteiger partial charge in [-0.1, -0.05) is 30.9 Å². The first kappa shape index (κ1) is 20.6. The smallest absolute Gasteiger partial charge is 0.354 e. The Balaban J connectivity index is 2.05. The molecule has 1 N–H and O–H groups in total. The Hall–Kier alpha value is -1.76. The molecule has 1 aromatic carbocycles. The second-order valence-corrected chi connectivity index (χ2v) is 6.87. The first-order chi connectivity index (χ1) is 12.2. The number of hydrogen-bond donors (Lipinski definition) is 1. The number of halogens is 4. The van der Waals surface area contributed by atoms with Crippen molar-refractivity contribution in [3.05, 3.63) is 28.8 Å². The van der Waals surface area contributed by atoms with Gasteiger partial charge in [-0.05, 0) is 31.0 Å². The molecule has 0 saturated heterocycles. The summed E-state index contributed by atoms with van der Waals surface area (Å²) < 4.78 is 38.8. The van der Waals surface area contributed by atoms with Gasteiger partial charge < -0.3 is 10.2 Å². The van der Waals surface area contributed by atoms with Gasteiger partial charge in [0.25, 0.3) is 0 Å². The lowest BCUT2D eigenvalue weighted by Crippen LogP contribution is -2.40. The lowest BCUT2D eigenvalue weighted by Gasteiger charge is -2.25. The average Bonchev–Trinajstić information content (AvgIpc) is 2.59. The summed E-state index contributed by atoms with van der Waals surface area (Å²) in [6.45, 7) is 1.45. The highest BCUT2D eigenvalue weighted by atomic mass is 35.5. The van der Waals surface area contributed by atoms with Crippen molar-refractivity contribution in [1.29, 1.82) is 0 Å². The zero-order chi connectivity index (χ0) is 19.3. The molecule has 1 fully saturated rings. The van der Waals surface area contributed by atoms with E-state index >= 15 is 0 Å². The second-order valence-electron chi connectivity index (χ2n) is 6.46. The number of hydrogen-bond acceptors (Lipinski definition) is 2. The summed E-state index contributed by atoms with van der Waals surface area (Å²) in [4.78, 5) is 25.2. The minimum absolute atomic E-state index is 0.0130. The topological polar surface area (TPSA) is 49.4 Å². The lowest BCUT2D eigenvalue weighted by atomic mass is 9.89. The van der Waals surface area contributed by atoms with Crippen LogP contribution in [0.1, 0.15) is 44.6 Å². The maximum atomic E-state index is 12.9. The number of carbonyl (C=O) groups excluding carboxylic acids is 2. The fourth-order valence-electron chi connectivity index (χ4n) is 3.14. The van der Waals surface area contributed by atoms with E-state index in [2.05, 4.69) is 5.32 Å². The number of rotatable bonds is 5. The monoisotopic (exact) mass is 390 g/mol. The van der Waals surface area contributed by atoms with Crippen molar-refractivity contribution < 1.29 is 22.8 Å². The lowest BCUT2D eigenvalue weighted by molar-refractivity contribution is -0.137. The van der Waals surface area contributed by atoms with Gasteiger partial charge in [-0.25, -0.2) is 0 Å². The predicted octanol–water partition coefficient (Wildman–Crippen LogP) is 4.41. The molecule has 0 bridgehead atoms. The van der Waals surface area contributed by atoms with Crippen LogP contribution < -0.4 is 10.2 Å². The summed E-state index contributed by atoms with van der Waals surface area (Å²) in [5.74, 6) is -0.534. The summed E-state index contributed by atoms with van der Waals surface area (Å²) in [7, 11) is 0. The summed E-state index contributed by atoms with van der Waals surface area (Å²) in [6.07, 6.45) is 0.353. The maximum Gasteiger partial charge on any atom is 0.416 e. The van der Waals surface area contributed by atoms with Crippen LogP contribution in [0, 0.1) is 5.92 Å². The number of alkyl halides is 3. The number of benzene rings is 1. The molecule has 1 saturated carbocycles. The van der Waals surface area contributed by atoms with E-state index in [1.54, 1.807) is 0 Å². The Morgan fingerprint density at radius 3 is 2.46 bits per heavy atom. The number of carbonyl (C=O) groups is 2. The van der Waals surface area contributed by atoms with E-state index in [1.807, 2.05) is 0 Å². The summed E-state index contributed by atoms with van der Waals surface area (Å²) in [5.41, 5.74) is -0.893. The first-order valence-corrected chi connectivity index (χ1v) is 9.00. The normalized spacial score (nSPS) is 15.6. The molecular formula is C18H22ClF3N2O2. The van der Waals surface area contributed by atoms with Crippen LogP contribution >= 0.6 is 11.6 Å². The molecule has 26 heavy (non-hydrogen) atoms. The average molecular weight is 391 g/mol. The van der Waals surface area contributed by atoms with Crippen molar-refractivity contribution in [3.63, 3.8) is 0 Å². The molecule has 2 amide bonds. The van der Waals surface area contributed by atoms with Crippen LogP contribution in [0.5, 0.6) is 0 Å². The molecule has 144 valence electrons. The number of nitrogens with one attached hydrogen (secondary N) is 1. The molecule has 4 nitrogen and oxygen atoms in total. The highest BCUT2D eigenvalue weighted by molar-refractivity contribution is 6.33. The van der Waals surface area contributed by atoms with Gasteiger partial charge in [0.05, 0.1) is 16.3 Å². The van der Waals surface area contributed by atoms with Crippen molar-refractivity contribution in [3.8, 4) is 0 Å². The Kier molecular flexibility index (Phi) is 6.92. The van der Waals surface area contributed by atoms with Crippen LogP contribution in [0.3, 0.4) is 0 Å². The molecule has 2 rings (SSSR count). The van der Waals surface area contributed by atoms with Crippen LogP contribution in [0.4, 0.5) is 18.9 Å². The first-order valence-electron chi connectivity index (χ1n) is 8.62.